The number of urea groups is 1. The minimum Gasteiger partial charge on any atom is -0.351 e. The predicted molar refractivity (Wildman–Crippen MR) is 92.2 cm³/mol. The van der Waals surface area contributed by atoms with Crippen molar-refractivity contribution < 1.29 is 4.79 Å². The van der Waals surface area contributed by atoms with Crippen LogP contribution in [0.4, 0.5) is 4.79 Å². The summed E-state index contributed by atoms with van der Waals surface area (Å²) in [5.41, 5.74) is 9.26. The molecule has 6 nitrogen and oxygen atoms in total. The third-order valence-corrected chi connectivity index (χ3v) is 4.60. The third-order valence-electron chi connectivity index (χ3n) is 4.60. The number of benzene rings is 1. The molecule has 1 aromatic carbocycles. The summed E-state index contributed by atoms with van der Waals surface area (Å²) in [6.45, 7) is 0.702. The second kappa shape index (κ2) is 5.96. The van der Waals surface area contributed by atoms with Gasteiger partial charge in [-0.15, -0.1) is 0 Å². The lowest BCUT2D eigenvalue weighted by atomic mass is 9.94. The SMILES string of the molecule is NC(=O)N1CCCCC1c1cccc2[nH]c(-c3ccccn3)nc12. The molecule has 3 aromatic rings. The Morgan fingerprint density at radius 1 is 1.21 bits per heavy atom. The molecule has 3 heterocycles. The van der Waals surface area contributed by atoms with Crippen molar-refractivity contribution in [1.29, 1.82) is 0 Å². The molecule has 1 atom stereocenters. The second-order valence-electron chi connectivity index (χ2n) is 6.09. The number of aromatic amines is 1. The molecule has 1 saturated heterocycles. The lowest BCUT2D eigenvalue weighted by Crippen LogP contribution is -2.41. The monoisotopic (exact) mass is 321 g/mol. The highest BCUT2D eigenvalue weighted by molar-refractivity contribution is 5.83. The number of aromatic nitrogens is 3. The maximum atomic E-state index is 11.8. The molecule has 3 N–H and O–H groups in total. The van der Waals surface area contributed by atoms with Crippen molar-refractivity contribution in [3.63, 3.8) is 0 Å². The number of primary amides is 1. The standard InChI is InChI=1S/C18H19N5O/c19-18(24)23-11-4-2-9-15(23)12-6-5-8-13-16(12)22-17(21-13)14-7-1-3-10-20-14/h1,3,5-8,10,15H,2,4,9,11H2,(H2,19,24)(H,21,22). The first-order valence-corrected chi connectivity index (χ1v) is 8.20. The first-order valence-electron chi connectivity index (χ1n) is 8.20. The Labute approximate surface area is 139 Å². The van der Waals surface area contributed by atoms with Gasteiger partial charge in [0.2, 0.25) is 0 Å². The van der Waals surface area contributed by atoms with Crippen LogP contribution in [0, 0.1) is 0 Å². The number of pyridine rings is 1. The largest absolute Gasteiger partial charge is 0.351 e. The number of H-pyrrole nitrogens is 1. The molecule has 1 unspecified atom stereocenters. The second-order valence-corrected chi connectivity index (χ2v) is 6.09. The molecule has 2 amide bonds. The number of imidazole rings is 1. The van der Waals surface area contributed by atoms with Crippen LogP contribution in [0.15, 0.2) is 42.6 Å². The number of amides is 2. The van der Waals surface area contributed by atoms with Gasteiger partial charge < -0.3 is 15.6 Å². The Balaban J connectivity index is 1.81. The Morgan fingerprint density at radius 2 is 2.12 bits per heavy atom. The van der Waals surface area contributed by atoms with E-state index in [9.17, 15) is 4.79 Å². The molecule has 1 aliphatic rings. The van der Waals surface area contributed by atoms with Crippen LogP contribution in [0.3, 0.4) is 0 Å². The van der Waals surface area contributed by atoms with Gasteiger partial charge in [-0.25, -0.2) is 9.78 Å². The van der Waals surface area contributed by atoms with Crippen molar-refractivity contribution in [2.45, 2.75) is 25.3 Å². The Bertz CT molecular complexity index is 874. The van der Waals surface area contributed by atoms with Gasteiger partial charge in [0.15, 0.2) is 5.82 Å². The number of nitrogens with two attached hydrogens (primary N) is 1. The zero-order chi connectivity index (χ0) is 16.5. The topological polar surface area (TPSA) is 87.9 Å². The molecular formula is C18H19N5O. The van der Waals surface area contributed by atoms with Gasteiger partial charge in [0, 0.05) is 18.3 Å². The minimum absolute atomic E-state index is 0.0140. The summed E-state index contributed by atoms with van der Waals surface area (Å²) in [4.78, 5) is 26.0. The van der Waals surface area contributed by atoms with Gasteiger partial charge >= 0.3 is 6.03 Å². The molecule has 1 fully saturated rings. The fourth-order valence-corrected chi connectivity index (χ4v) is 3.47. The van der Waals surface area contributed by atoms with Crippen molar-refractivity contribution in [3.05, 3.63) is 48.2 Å². The quantitative estimate of drug-likeness (QED) is 0.759. The smallest absolute Gasteiger partial charge is 0.315 e. The van der Waals surface area contributed by atoms with E-state index < -0.39 is 0 Å². The highest BCUT2D eigenvalue weighted by atomic mass is 16.2. The number of nitrogens with zero attached hydrogens (tertiary/aromatic N) is 3. The summed E-state index contributed by atoms with van der Waals surface area (Å²) in [7, 11) is 0. The Morgan fingerprint density at radius 3 is 2.92 bits per heavy atom. The van der Waals surface area contributed by atoms with Crippen molar-refractivity contribution in [2.24, 2.45) is 5.73 Å². The maximum absolute atomic E-state index is 11.8. The number of para-hydroxylation sites is 1. The lowest BCUT2D eigenvalue weighted by molar-refractivity contribution is 0.160. The molecule has 122 valence electrons. The van der Waals surface area contributed by atoms with Gasteiger partial charge in [-0.3, -0.25) is 4.98 Å². The van der Waals surface area contributed by atoms with Crippen molar-refractivity contribution in [2.75, 3.05) is 6.54 Å². The fourth-order valence-electron chi connectivity index (χ4n) is 3.47. The average molecular weight is 321 g/mol. The first kappa shape index (κ1) is 14.7. The van der Waals surface area contributed by atoms with Gasteiger partial charge in [0.25, 0.3) is 0 Å². The molecule has 2 aromatic heterocycles. The van der Waals surface area contributed by atoms with Gasteiger partial charge in [-0.1, -0.05) is 18.2 Å². The van der Waals surface area contributed by atoms with Crippen LogP contribution < -0.4 is 5.73 Å². The average Bonchev–Trinajstić information content (AvgIpc) is 3.06. The molecule has 0 radical (unpaired) electrons. The van der Waals surface area contributed by atoms with Crippen molar-refractivity contribution >= 4 is 17.1 Å². The van der Waals surface area contributed by atoms with Gasteiger partial charge in [0.1, 0.15) is 5.69 Å². The van der Waals surface area contributed by atoms with Crippen molar-refractivity contribution in [1.82, 2.24) is 19.9 Å². The summed E-state index contributed by atoms with van der Waals surface area (Å²) >= 11 is 0. The van der Waals surface area contributed by atoms with E-state index in [0.29, 0.717) is 6.54 Å². The first-order chi connectivity index (χ1) is 11.7. The number of piperidine rings is 1. The minimum atomic E-state index is -0.364. The predicted octanol–water partition coefficient (Wildman–Crippen LogP) is 3.23. The van der Waals surface area contributed by atoms with E-state index in [1.807, 2.05) is 36.4 Å². The van der Waals surface area contributed by atoms with E-state index in [-0.39, 0.29) is 12.1 Å². The van der Waals surface area contributed by atoms with E-state index in [1.165, 1.54) is 0 Å². The van der Waals surface area contributed by atoms with Gasteiger partial charge in [-0.05, 0) is 37.5 Å². The Kier molecular flexibility index (Phi) is 3.65. The zero-order valence-corrected chi connectivity index (χ0v) is 13.3. The van der Waals surface area contributed by atoms with Crippen LogP contribution in [0.2, 0.25) is 0 Å². The number of nitrogens with one attached hydrogen (secondary N) is 1. The lowest BCUT2D eigenvalue weighted by Gasteiger charge is -2.34. The molecule has 0 spiro atoms. The van der Waals surface area contributed by atoms with Gasteiger partial charge in [-0.2, -0.15) is 0 Å². The van der Waals surface area contributed by atoms with E-state index in [4.69, 9.17) is 10.7 Å². The fraction of sp³-hybridized carbons (Fsp3) is 0.278. The van der Waals surface area contributed by atoms with Crippen molar-refractivity contribution in [3.8, 4) is 11.5 Å². The summed E-state index contributed by atoms with van der Waals surface area (Å²) in [6.07, 6.45) is 4.74. The summed E-state index contributed by atoms with van der Waals surface area (Å²) < 4.78 is 0. The summed E-state index contributed by atoms with van der Waals surface area (Å²) in [5, 5.41) is 0. The molecular weight excluding hydrogens is 302 g/mol. The number of carbonyl (C=O) groups excluding carboxylic acids is 1. The zero-order valence-electron chi connectivity index (χ0n) is 13.3. The third kappa shape index (κ3) is 2.50. The van der Waals surface area contributed by atoms with Crippen LogP contribution in [-0.4, -0.2) is 32.4 Å². The van der Waals surface area contributed by atoms with Crippen LogP contribution >= 0.6 is 0 Å². The van der Waals surface area contributed by atoms with Crippen LogP contribution in [0.25, 0.3) is 22.6 Å². The van der Waals surface area contributed by atoms with Gasteiger partial charge in [0.05, 0.1) is 17.1 Å². The number of fused-ring (bicyclic) bond motifs is 1. The number of hydrogen-bond donors (Lipinski definition) is 2. The van der Waals surface area contributed by atoms with E-state index >= 15 is 0 Å². The molecule has 6 heteroatoms. The normalized spacial score (nSPS) is 18.0. The van der Waals surface area contributed by atoms with Crippen LogP contribution in [-0.2, 0) is 0 Å². The number of carbonyl (C=O) groups is 1. The van der Waals surface area contributed by atoms with Crippen LogP contribution in [0.1, 0.15) is 30.9 Å². The molecule has 0 saturated carbocycles. The number of hydrogen-bond acceptors (Lipinski definition) is 3. The van der Waals surface area contributed by atoms with Crippen LogP contribution in [0.5, 0.6) is 0 Å². The number of likely N-dealkylation sites (tertiary alicyclic amines) is 1. The molecule has 24 heavy (non-hydrogen) atoms. The number of rotatable bonds is 2. The van der Waals surface area contributed by atoms with E-state index in [1.54, 1.807) is 11.1 Å². The van der Waals surface area contributed by atoms with E-state index in [2.05, 4.69) is 9.97 Å². The molecule has 4 rings (SSSR count). The van der Waals surface area contributed by atoms with E-state index in [0.717, 1.165) is 47.4 Å². The molecule has 0 aliphatic carbocycles. The highest BCUT2D eigenvalue weighted by Gasteiger charge is 2.28. The Hall–Kier alpha value is -2.89. The summed E-state index contributed by atoms with van der Waals surface area (Å²) in [5.74, 6) is 0.736. The highest BCUT2D eigenvalue weighted by Crippen LogP contribution is 2.34. The molecule has 0 bridgehead atoms. The maximum Gasteiger partial charge on any atom is 0.315 e. The summed E-state index contributed by atoms with van der Waals surface area (Å²) in [6, 6.07) is 11.4. The molecule has 1 aliphatic heterocycles.